The number of hydrogen-bond acceptors (Lipinski definition) is 5. The van der Waals surface area contributed by atoms with E-state index in [2.05, 4.69) is 10.6 Å². The first-order valence-corrected chi connectivity index (χ1v) is 6.74. The monoisotopic (exact) mass is 310 g/mol. The third-order valence-corrected chi connectivity index (χ3v) is 2.48. The van der Waals surface area contributed by atoms with Gasteiger partial charge in [0.15, 0.2) is 0 Å². The van der Waals surface area contributed by atoms with Crippen LogP contribution in [-0.4, -0.2) is 38.4 Å². The molecule has 2 N–H and O–H groups in total. The Bertz CT molecular complexity index is 515. The molecule has 0 aromatic heterocycles. The van der Waals surface area contributed by atoms with Gasteiger partial charge in [-0.05, 0) is 32.9 Å². The second-order valence-electron chi connectivity index (χ2n) is 5.44. The van der Waals surface area contributed by atoms with Crippen LogP contribution in [0.2, 0.25) is 0 Å². The van der Waals surface area contributed by atoms with E-state index in [1.54, 1.807) is 39.0 Å². The van der Waals surface area contributed by atoms with Crippen LogP contribution < -0.4 is 20.1 Å². The maximum Gasteiger partial charge on any atom is 0.408 e. The van der Waals surface area contributed by atoms with Gasteiger partial charge in [-0.2, -0.15) is 0 Å². The van der Waals surface area contributed by atoms with Gasteiger partial charge in [-0.1, -0.05) is 6.07 Å². The maximum absolute atomic E-state index is 11.9. The Morgan fingerprint density at radius 1 is 1.09 bits per heavy atom. The van der Waals surface area contributed by atoms with Crippen molar-refractivity contribution in [3.05, 3.63) is 18.2 Å². The molecular weight excluding hydrogens is 288 g/mol. The molecule has 0 spiro atoms. The van der Waals surface area contributed by atoms with E-state index in [0.29, 0.717) is 17.2 Å². The lowest BCUT2D eigenvalue weighted by atomic mass is 10.2. The van der Waals surface area contributed by atoms with E-state index in [-0.39, 0.29) is 6.54 Å². The summed E-state index contributed by atoms with van der Waals surface area (Å²) in [6.45, 7) is 5.00. The Morgan fingerprint density at radius 3 is 2.09 bits per heavy atom. The third kappa shape index (κ3) is 5.51. The molecule has 0 atom stereocenters. The molecule has 0 heterocycles. The Balaban J connectivity index is 2.64. The summed E-state index contributed by atoms with van der Waals surface area (Å²) in [6.07, 6.45) is -0.658. The fourth-order valence-electron chi connectivity index (χ4n) is 1.62. The highest BCUT2D eigenvalue weighted by molar-refractivity contribution is 5.96. The lowest BCUT2D eigenvalue weighted by Crippen LogP contribution is -2.37. The molecule has 1 aromatic rings. The van der Waals surface area contributed by atoms with E-state index in [1.807, 2.05) is 0 Å². The molecule has 1 rings (SSSR count). The van der Waals surface area contributed by atoms with Crippen LogP contribution in [0.15, 0.2) is 18.2 Å². The van der Waals surface area contributed by atoms with Crippen LogP contribution in [-0.2, 0) is 9.53 Å². The second kappa shape index (κ2) is 7.53. The molecular formula is C15H22N2O5. The van der Waals surface area contributed by atoms with Gasteiger partial charge in [-0.15, -0.1) is 0 Å². The highest BCUT2D eigenvalue weighted by atomic mass is 16.6. The van der Waals surface area contributed by atoms with E-state index in [0.717, 1.165) is 0 Å². The zero-order valence-electron chi connectivity index (χ0n) is 13.5. The summed E-state index contributed by atoms with van der Waals surface area (Å²) < 4.78 is 15.4. The molecule has 0 saturated carbocycles. The van der Waals surface area contributed by atoms with Gasteiger partial charge >= 0.3 is 6.09 Å². The summed E-state index contributed by atoms with van der Waals surface area (Å²) in [5.41, 5.74) is -0.213. The number of carbonyl (C=O) groups is 2. The number of methoxy groups -OCH3 is 2. The van der Waals surface area contributed by atoms with Gasteiger partial charge in [0, 0.05) is 0 Å². The van der Waals surface area contributed by atoms with Crippen molar-refractivity contribution in [1.82, 2.24) is 5.32 Å². The molecule has 0 bridgehead atoms. The summed E-state index contributed by atoms with van der Waals surface area (Å²) in [5, 5.41) is 5.02. The summed E-state index contributed by atoms with van der Waals surface area (Å²) >= 11 is 0. The number of nitrogens with one attached hydrogen (secondary N) is 2. The minimum Gasteiger partial charge on any atom is -0.494 e. The van der Waals surface area contributed by atoms with Crippen molar-refractivity contribution in [3.63, 3.8) is 0 Å². The van der Waals surface area contributed by atoms with E-state index in [1.165, 1.54) is 14.2 Å². The molecule has 22 heavy (non-hydrogen) atoms. The number of hydrogen-bond donors (Lipinski definition) is 2. The summed E-state index contributed by atoms with van der Waals surface area (Å²) in [6, 6.07) is 5.13. The van der Waals surface area contributed by atoms with Crippen LogP contribution in [0.25, 0.3) is 0 Å². The molecule has 0 aliphatic carbocycles. The van der Waals surface area contributed by atoms with Crippen LogP contribution in [0, 0.1) is 0 Å². The Kier molecular flexibility index (Phi) is 6.03. The molecule has 0 unspecified atom stereocenters. The number of alkyl carbamates (subject to hydrolysis) is 1. The predicted octanol–water partition coefficient (Wildman–Crippen LogP) is 2.17. The normalized spacial score (nSPS) is 10.6. The number of rotatable bonds is 5. The van der Waals surface area contributed by atoms with Crippen LogP contribution in [0.1, 0.15) is 20.8 Å². The summed E-state index contributed by atoms with van der Waals surface area (Å²) in [4.78, 5) is 23.4. The largest absolute Gasteiger partial charge is 0.494 e. The van der Waals surface area contributed by atoms with E-state index in [9.17, 15) is 9.59 Å². The molecule has 122 valence electrons. The standard InChI is InChI=1S/C15H22N2O5/c1-15(2,3)22-14(19)16-9-12(18)17-13-10(20-4)7-6-8-11(13)21-5/h6-8H,9H2,1-5H3,(H,16,19)(H,17,18). The zero-order chi connectivity index (χ0) is 16.8. The SMILES string of the molecule is COc1cccc(OC)c1NC(=O)CNC(=O)OC(C)(C)C. The van der Waals surface area contributed by atoms with Crippen molar-refractivity contribution >= 4 is 17.7 Å². The molecule has 0 aliphatic heterocycles. The minimum absolute atomic E-state index is 0.226. The Labute approximate surface area is 129 Å². The van der Waals surface area contributed by atoms with Crippen LogP contribution in [0.5, 0.6) is 11.5 Å². The van der Waals surface area contributed by atoms with Crippen molar-refractivity contribution in [1.29, 1.82) is 0 Å². The fraction of sp³-hybridized carbons (Fsp3) is 0.467. The van der Waals surface area contributed by atoms with Gasteiger partial charge < -0.3 is 24.8 Å². The zero-order valence-corrected chi connectivity index (χ0v) is 13.5. The maximum atomic E-state index is 11.9. The van der Waals surface area contributed by atoms with Crippen molar-refractivity contribution in [3.8, 4) is 11.5 Å². The predicted molar refractivity (Wildman–Crippen MR) is 82.4 cm³/mol. The summed E-state index contributed by atoms with van der Waals surface area (Å²) in [5.74, 6) is 0.503. The Morgan fingerprint density at radius 2 is 1.64 bits per heavy atom. The van der Waals surface area contributed by atoms with Crippen LogP contribution >= 0.6 is 0 Å². The van der Waals surface area contributed by atoms with Gasteiger partial charge in [-0.3, -0.25) is 4.79 Å². The highest BCUT2D eigenvalue weighted by Crippen LogP contribution is 2.33. The van der Waals surface area contributed by atoms with Gasteiger partial charge in [0.1, 0.15) is 29.3 Å². The average molecular weight is 310 g/mol. The Hall–Kier alpha value is -2.44. The smallest absolute Gasteiger partial charge is 0.408 e. The first-order chi connectivity index (χ1) is 10.3. The lowest BCUT2D eigenvalue weighted by Gasteiger charge is -2.19. The molecule has 1 aromatic carbocycles. The number of benzene rings is 1. The quantitative estimate of drug-likeness (QED) is 0.870. The van der Waals surface area contributed by atoms with E-state index >= 15 is 0 Å². The number of carbonyl (C=O) groups excluding carboxylic acids is 2. The van der Waals surface area contributed by atoms with E-state index < -0.39 is 17.6 Å². The molecule has 0 aliphatic rings. The molecule has 7 nitrogen and oxygen atoms in total. The third-order valence-electron chi connectivity index (χ3n) is 2.48. The molecule has 0 saturated heterocycles. The van der Waals surface area contributed by atoms with Gasteiger partial charge in [0.05, 0.1) is 14.2 Å². The number of para-hydroxylation sites is 1. The van der Waals surface area contributed by atoms with Crippen molar-refractivity contribution in [2.24, 2.45) is 0 Å². The molecule has 7 heteroatoms. The first kappa shape index (κ1) is 17.6. The summed E-state index contributed by atoms with van der Waals surface area (Å²) in [7, 11) is 2.98. The number of anilines is 1. The number of ether oxygens (including phenoxy) is 3. The van der Waals surface area contributed by atoms with Gasteiger partial charge in [0.25, 0.3) is 0 Å². The second-order valence-corrected chi connectivity index (χ2v) is 5.44. The fourth-order valence-corrected chi connectivity index (χ4v) is 1.62. The minimum atomic E-state index is -0.658. The average Bonchev–Trinajstić information content (AvgIpc) is 2.43. The van der Waals surface area contributed by atoms with Crippen molar-refractivity contribution < 1.29 is 23.8 Å². The highest BCUT2D eigenvalue weighted by Gasteiger charge is 2.18. The molecule has 0 radical (unpaired) electrons. The first-order valence-electron chi connectivity index (χ1n) is 6.74. The lowest BCUT2D eigenvalue weighted by molar-refractivity contribution is -0.115. The van der Waals surface area contributed by atoms with Crippen molar-refractivity contribution in [2.45, 2.75) is 26.4 Å². The molecule has 0 fully saturated rings. The van der Waals surface area contributed by atoms with Gasteiger partial charge in [0.2, 0.25) is 5.91 Å². The van der Waals surface area contributed by atoms with Gasteiger partial charge in [-0.25, -0.2) is 4.79 Å². The molecule has 2 amide bonds. The van der Waals surface area contributed by atoms with Crippen LogP contribution in [0.3, 0.4) is 0 Å². The van der Waals surface area contributed by atoms with Crippen molar-refractivity contribution in [2.75, 3.05) is 26.1 Å². The topological polar surface area (TPSA) is 85.9 Å². The van der Waals surface area contributed by atoms with E-state index in [4.69, 9.17) is 14.2 Å². The van der Waals surface area contributed by atoms with Crippen LogP contribution in [0.4, 0.5) is 10.5 Å². The number of amides is 2.